The molecule has 33 heavy (non-hydrogen) atoms. The van der Waals surface area contributed by atoms with Crippen molar-refractivity contribution < 1.29 is 9.47 Å². The first-order chi connectivity index (χ1) is 15.7. The summed E-state index contributed by atoms with van der Waals surface area (Å²) in [6.07, 6.45) is 0. The van der Waals surface area contributed by atoms with E-state index in [1.807, 2.05) is 36.4 Å². The standard InChI is InChI=1S/C23H29N7O2.HI/c1-24-23(30-13-11-29(12-14-30)18-5-4-6-20(15-18)32-3)25-16-21-26-22(28-27-21)17-7-9-19(31-2)10-8-17;/h4-10,15H,11-14,16H2,1-3H3,(H,24,25)(H,26,27,28);1H. The average molecular weight is 563 g/mol. The number of methoxy groups -OCH3 is 2. The smallest absolute Gasteiger partial charge is 0.194 e. The maximum Gasteiger partial charge on any atom is 0.194 e. The molecule has 1 fully saturated rings. The van der Waals surface area contributed by atoms with Gasteiger partial charge in [0.2, 0.25) is 0 Å². The van der Waals surface area contributed by atoms with Crippen LogP contribution in [0.15, 0.2) is 53.5 Å². The number of piperazine rings is 1. The number of nitrogens with one attached hydrogen (secondary N) is 2. The molecule has 1 aliphatic heterocycles. The van der Waals surface area contributed by atoms with E-state index in [0.717, 1.165) is 55.0 Å². The minimum Gasteiger partial charge on any atom is -0.497 e. The Labute approximate surface area is 211 Å². The Hall–Kier alpha value is -3.02. The number of benzene rings is 2. The zero-order valence-corrected chi connectivity index (χ0v) is 21.4. The van der Waals surface area contributed by atoms with Crippen molar-refractivity contribution in [3.63, 3.8) is 0 Å². The normalized spacial score (nSPS) is 14.0. The largest absolute Gasteiger partial charge is 0.497 e. The molecule has 0 radical (unpaired) electrons. The molecule has 2 aromatic carbocycles. The molecule has 176 valence electrons. The van der Waals surface area contributed by atoms with Crippen LogP contribution in [0.5, 0.6) is 11.5 Å². The Balaban J connectivity index is 0.00000306. The number of halogens is 1. The lowest BCUT2D eigenvalue weighted by molar-refractivity contribution is 0.371. The molecule has 1 aromatic heterocycles. The first-order valence-corrected chi connectivity index (χ1v) is 10.6. The quantitative estimate of drug-likeness (QED) is 0.271. The van der Waals surface area contributed by atoms with Gasteiger partial charge in [0.05, 0.1) is 20.8 Å². The van der Waals surface area contributed by atoms with Gasteiger partial charge in [-0.25, -0.2) is 4.98 Å². The predicted octanol–water partition coefficient (Wildman–Crippen LogP) is 3.00. The van der Waals surface area contributed by atoms with Gasteiger partial charge >= 0.3 is 0 Å². The topological polar surface area (TPSA) is 90.9 Å². The summed E-state index contributed by atoms with van der Waals surface area (Å²) in [5.74, 6) is 3.96. The molecule has 0 spiro atoms. The molecule has 0 saturated carbocycles. The lowest BCUT2D eigenvalue weighted by atomic mass is 10.2. The molecule has 9 nitrogen and oxygen atoms in total. The summed E-state index contributed by atoms with van der Waals surface area (Å²) < 4.78 is 10.6. The van der Waals surface area contributed by atoms with Gasteiger partial charge < -0.3 is 24.6 Å². The van der Waals surface area contributed by atoms with Crippen LogP contribution in [0, 0.1) is 0 Å². The third-order valence-corrected chi connectivity index (χ3v) is 5.50. The van der Waals surface area contributed by atoms with E-state index in [2.05, 4.69) is 47.4 Å². The van der Waals surface area contributed by atoms with Gasteiger partial charge in [-0.1, -0.05) is 6.07 Å². The monoisotopic (exact) mass is 563 g/mol. The van der Waals surface area contributed by atoms with Crippen LogP contribution in [-0.2, 0) is 6.54 Å². The number of ether oxygens (including phenoxy) is 2. The molecular formula is C23H30IN7O2. The zero-order chi connectivity index (χ0) is 22.3. The fourth-order valence-electron chi connectivity index (χ4n) is 3.72. The van der Waals surface area contributed by atoms with Crippen molar-refractivity contribution in [2.24, 2.45) is 4.99 Å². The van der Waals surface area contributed by atoms with Crippen LogP contribution in [0.4, 0.5) is 5.69 Å². The highest BCUT2D eigenvalue weighted by molar-refractivity contribution is 14.0. The van der Waals surface area contributed by atoms with Gasteiger partial charge in [-0.15, -0.1) is 24.0 Å². The van der Waals surface area contributed by atoms with Crippen molar-refractivity contribution in [2.45, 2.75) is 6.54 Å². The third kappa shape index (κ3) is 6.06. The SMILES string of the molecule is CN=C(NCc1nc(-c2ccc(OC)cc2)n[nH]1)N1CCN(c2cccc(OC)c2)CC1.I. The van der Waals surface area contributed by atoms with E-state index in [1.165, 1.54) is 5.69 Å². The first-order valence-electron chi connectivity index (χ1n) is 10.6. The Kier molecular flexibility index (Phi) is 8.75. The Morgan fingerprint density at radius 1 is 1.03 bits per heavy atom. The van der Waals surface area contributed by atoms with Crippen molar-refractivity contribution >= 4 is 35.6 Å². The number of aliphatic imine (C=N–C) groups is 1. The molecule has 0 unspecified atom stereocenters. The summed E-state index contributed by atoms with van der Waals surface area (Å²) in [5, 5.41) is 10.7. The number of nitrogens with zero attached hydrogens (tertiary/aromatic N) is 5. The van der Waals surface area contributed by atoms with Crippen LogP contribution in [0.25, 0.3) is 11.4 Å². The highest BCUT2D eigenvalue weighted by Gasteiger charge is 2.20. The molecule has 0 amide bonds. The summed E-state index contributed by atoms with van der Waals surface area (Å²) in [5.41, 5.74) is 2.12. The highest BCUT2D eigenvalue weighted by Crippen LogP contribution is 2.22. The second kappa shape index (κ2) is 11.7. The minimum atomic E-state index is 0. The lowest BCUT2D eigenvalue weighted by Gasteiger charge is -2.37. The molecular weight excluding hydrogens is 533 g/mol. The number of H-pyrrole nitrogens is 1. The number of hydrogen-bond donors (Lipinski definition) is 2. The number of anilines is 1. The lowest BCUT2D eigenvalue weighted by Crippen LogP contribution is -2.52. The maximum atomic E-state index is 5.35. The number of aromatic amines is 1. The van der Waals surface area contributed by atoms with Gasteiger partial charge in [0.15, 0.2) is 11.8 Å². The summed E-state index contributed by atoms with van der Waals surface area (Å²) in [4.78, 5) is 13.7. The van der Waals surface area contributed by atoms with Crippen LogP contribution in [0.2, 0.25) is 0 Å². The number of hydrogen-bond acceptors (Lipinski definition) is 6. The molecule has 2 heterocycles. The fourth-order valence-corrected chi connectivity index (χ4v) is 3.72. The number of aromatic nitrogens is 3. The molecule has 0 atom stereocenters. The summed E-state index contributed by atoms with van der Waals surface area (Å²) in [7, 11) is 5.15. The second-order valence-corrected chi connectivity index (χ2v) is 7.41. The molecule has 2 N–H and O–H groups in total. The number of rotatable bonds is 6. The predicted molar refractivity (Wildman–Crippen MR) is 141 cm³/mol. The van der Waals surface area contributed by atoms with Gasteiger partial charge in [-0.2, -0.15) is 5.10 Å². The van der Waals surface area contributed by atoms with Crippen LogP contribution in [0.1, 0.15) is 5.82 Å². The molecule has 1 aliphatic rings. The Morgan fingerprint density at radius 3 is 2.42 bits per heavy atom. The molecule has 0 bridgehead atoms. The zero-order valence-electron chi connectivity index (χ0n) is 19.1. The van der Waals surface area contributed by atoms with Gasteiger partial charge in [0, 0.05) is 50.5 Å². The van der Waals surface area contributed by atoms with Gasteiger partial charge in [-0.05, 0) is 36.4 Å². The van der Waals surface area contributed by atoms with Crippen LogP contribution in [-0.4, -0.2) is 73.5 Å². The van der Waals surface area contributed by atoms with Gasteiger partial charge in [0.25, 0.3) is 0 Å². The fraction of sp³-hybridized carbons (Fsp3) is 0.348. The molecule has 1 saturated heterocycles. The van der Waals surface area contributed by atoms with E-state index < -0.39 is 0 Å². The van der Waals surface area contributed by atoms with Crippen molar-refractivity contribution in [3.05, 3.63) is 54.4 Å². The second-order valence-electron chi connectivity index (χ2n) is 7.41. The van der Waals surface area contributed by atoms with E-state index in [4.69, 9.17) is 9.47 Å². The summed E-state index contributed by atoms with van der Waals surface area (Å²) in [6, 6.07) is 15.9. The average Bonchev–Trinajstić information content (AvgIpc) is 3.34. The van der Waals surface area contributed by atoms with Crippen molar-refractivity contribution in [1.82, 2.24) is 25.4 Å². The number of guanidine groups is 1. The van der Waals surface area contributed by atoms with E-state index in [1.54, 1.807) is 21.3 Å². The van der Waals surface area contributed by atoms with Crippen LogP contribution < -0.4 is 19.7 Å². The van der Waals surface area contributed by atoms with Crippen LogP contribution >= 0.6 is 24.0 Å². The minimum absolute atomic E-state index is 0. The van der Waals surface area contributed by atoms with Crippen molar-refractivity contribution in [2.75, 3.05) is 52.3 Å². The van der Waals surface area contributed by atoms with Gasteiger partial charge in [0.1, 0.15) is 17.3 Å². The van der Waals surface area contributed by atoms with Crippen molar-refractivity contribution in [1.29, 1.82) is 0 Å². The maximum absolute atomic E-state index is 5.35. The van der Waals surface area contributed by atoms with Crippen molar-refractivity contribution in [3.8, 4) is 22.9 Å². The van der Waals surface area contributed by atoms with Crippen LogP contribution in [0.3, 0.4) is 0 Å². The molecule has 10 heteroatoms. The molecule has 0 aliphatic carbocycles. The van der Waals surface area contributed by atoms with E-state index in [9.17, 15) is 0 Å². The Morgan fingerprint density at radius 2 is 1.76 bits per heavy atom. The Bertz CT molecular complexity index is 1050. The third-order valence-electron chi connectivity index (χ3n) is 5.50. The highest BCUT2D eigenvalue weighted by atomic mass is 127. The summed E-state index contributed by atoms with van der Waals surface area (Å²) >= 11 is 0. The molecule has 4 rings (SSSR count). The molecule has 3 aromatic rings. The summed E-state index contributed by atoms with van der Waals surface area (Å²) in [6.45, 7) is 4.11. The van der Waals surface area contributed by atoms with E-state index in [0.29, 0.717) is 12.4 Å². The first kappa shape index (κ1) is 24.6. The van der Waals surface area contributed by atoms with Gasteiger partial charge in [-0.3, -0.25) is 10.1 Å². The van der Waals surface area contributed by atoms with E-state index >= 15 is 0 Å². The van der Waals surface area contributed by atoms with E-state index in [-0.39, 0.29) is 24.0 Å².